The SMILES string of the molecule is CS1(C)CCN(c2cc(NC(=O)Oc3ccccc3)cc(C(F)(F)F)c2)CC1. The van der Waals surface area contributed by atoms with Crippen LogP contribution in [0.25, 0.3) is 0 Å². The van der Waals surface area contributed by atoms with Gasteiger partial charge in [0.25, 0.3) is 0 Å². The zero-order valence-corrected chi connectivity index (χ0v) is 16.6. The van der Waals surface area contributed by atoms with E-state index < -0.39 is 27.9 Å². The van der Waals surface area contributed by atoms with E-state index in [1.807, 2.05) is 4.90 Å². The van der Waals surface area contributed by atoms with Crippen LogP contribution in [0.4, 0.5) is 29.3 Å². The monoisotopic (exact) mass is 412 g/mol. The van der Waals surface area contributed by atoms with Crippen molar-refractivity contribution in [3.8, 4) is 5.75 Å². The molecular weight excluding hydrogens is 389 g/mol. The largest absolute Gasteiger partial charge is 0.417 e. The van der Waals surface area contributed by atoms with E-state index in [-0.39, 0.29) is 5.69 Å². The third kappa shape index (κ3) is 5.34. The predicted octanol–water partition coefficient (Wildman–Crippen LogP) is 5.20. The summed E-state index contributed by atoms with van der Waals surface area (Å²) in [6.45, 7) is 1.41. The normalized spacial score (nSPS) is 17.7. The van der Waals surface area contributed by atoms with E-state index in [1.54, 1.807) is 36.4 Å². The van der Waals surface area contributed by atoms with Crippen molar-refractivity contribution in [2.45, 2.75) is 6.18 Å². The average molecular weight is 412 g/mol. The summed E-state index contributed by atoms with van der Waals surface area (Å²) >= 11 is 0. The number of carbonyl (C=O) groups excluding carboxylic acids is 1. The molecule has 8 heteroatoms. The van der Waals surface area contributed by atoms with E-state index in [0.717, 1.165) is 23.6 Å². The van der Waals surface area contributed by atoms with Gasteiger partial charge in [-0.15, -0.1) is 0 Å². The molecule has 0 bridgehead atoms. The Morgan fingerprint density at radius 1 is 1.07 bits per heavy atom. The number of benzene rings is 2. The second-order valence-corrected chi connectivity index (χ2v) is 11.6. The number of hydrogen-bond donors (Lipinski definition) is 1. The molecule has 28 heavy (non-hydrogen) atoms. The Kier molecular flexibility index (Phi) is 5.79. The third-order valence-electron chi connectivity index (χ3n) is 4.64. The van der Waals surface area contributed by atoms with Gasteiger partial charge in [-0.25, -0.2) is 14.8 Å². The van der Waals surface area contributed by atoms with Gasteiger partial charge in [-0.2, -0.15) is 13.2 Å². The fourth-order valence-electron chi connectivity index (χ4n) is 2.96. The molecule has 0 unspecified atom stereocenters. The Hall–Kier alpha value is -2.35. The summed E-state index contributed by atoms with van der Waals surface area (Å²) in [5, 5.41) is 2.42. The molecule has 2 aromatic carbocycles. The van der Waals surface area contributed by atoms with Gasteiger partial charge in [0.15, 0.2) is 0 Å². The van der Waals surface area contributed by atoms with Crippen LogP contribution in [0, 0.1) is 0 Å². The summed E-state index contributed by atoms with van der Waals surface area (Å²) in [6.07, 6.45) is -0.858. The number of nitrogens with one attached hydrogen (secondary N) is 1. The first kappa shape index (κ1) is 20.4. The predicted molar refractivity (Wildman–Crippen MR) is 109 cm³/mol. The number of amides is 1. The molecule has 1 aliphatic rings. The highest BCUT2D eigenvalue weighted by molar-refractivity contribution is 8.32. The lowest BCUT2D eigenvalue weighted by Gasteiger charge is -2.42. The summed E-state index contributed by atoms with van der Waals surface area (Å²) in [7, 11) is -0.680. The molecule has 1 saturated heterocycles. The third-order valence-corrected chi connectivity index (χ3v) is 7.21. The number of ether oxygens (including phenoxy) is 1. The highest BCUT2D eigenvalue weighted by Gasteiger charge is 2.32. The van der Waals surface area contributed by atoms with Crippen molar-refractivity contribution in [2.24, 2.45) is 0 Å². The molecule has 0 aromatic heterocycles. The Balaban J connectivity index is 1.81. The lowest BCUT2D eigenvalue weighted by molar-refractivity contribution is -0.137. The zero-order valence-electron chi connectivity index (χ0n) is 15.8. The quantitative estimate of drug-likeness (QED) is 0.753. The molecular formula is C20H23F3N2O2S. The van der Waals surface area contributed by atoms with Crippen LogP contribution in [0.5, 0.6) is 5.75 Å². The minimum Gasteiger partial charge on any atom is -0.410 e. The first-order valence-electron chi connectivity index (χ1n) is 8.82. The summed E-state index contributed by atoms with van der Waals surface area (Å²) < 4.78 is 45.2. The minimum atomic E-state index is -4.50. The van der Waals surface area contributed by atoms with E-state index in [0.29, 0.717) is 24.5 Å². The lowest BCUT2D eigenvalue weighted by Crippen LogP contribution is -2.38. The Morgan fingerprint density at radius 2 is 1.71 bits per heavy atom. The number of carbonyl (C=O) groups is 1. The van der Waals surface area contributed by atoms with Gasteiger partial charge < -0.3 is 9.64 Å². The van der Waals surface area contributed by atoms with Gasteiger partial charge in [0, 0.05) is 24.5 Å². The number of para-hydroxylation sites is 1. The van der Waals surface area contributed by atoms with Gasteiger partial charge in [-0.1, -0.05) is 18.2 Å². The molecule has 0 aliphatic carbocycles. The minimum absolute atomic E-state index is 0.0583. The number of halogens is 3. The molecule has 0 spiro atoms. The van der Waals surface area contributed by atoms with Crippen LogP contribution < -0.4 is 15.0 Å². The maximum absolute atomic E-state index is 13.4. The number of anilines is 2. The first-order valence-corrected chi connectivity index (χ1v) is 11.6. The Labute approximate surface area is 164 Å². The Morgan fingerprint density at radius 3 is 2.32 bits per heavy atom. The summed E-state index contributed by atoms with van der Waals surface area (Å²) in [4.78, 5) is 14.0. The van der Waals surface area contributed by atoms with Crippen molar-refractivity contribution in [1.82, 2.24) is 0 Å². The molecule has 0 saturated carbocycles. The average Bonchev–Trinajstić information content (AvgIpc) is 2.61. The fraction of sp³-hybridized carbons (Fsp3) is 0.350. The van der Waals surface area contributed by atoms with E-state index in [4.69, 9.17) is 4.74 Å². The molecule has 1 heterocycles. The van der Waals surface area contributed by atoms with Crippen LogP contribution >= 0.6 is 10.0 Å². The van der Waals surface area contributed by atoms with Crippen LogP contribution in [-0.4, -0.2) is 43.2 Å². The molecule has 1 N–H and O–H groups in total. The maximum atomic E-state index is 13.4. The summed E-state index contributed by atoms with van der Waals surface area (Å²) in [5.41, 5.74) is -0.278. The molecule has 4 nitrogen and oxygen atoms in total. The van der Waals surface area contributed by atoms with Gasteiger partial charge in [0.05, 0.1) is 5.56 Å². The van der Waals surface area contributed by atoms with Gasteiger partial charge >= 0.3 is 12.3 Å². The van der Waals surface area contributed by atoms with E-state index in [9.17, 15) is 18.0 Å². The fourth-order valence-corrected chi connectivity index (χ4v) is 4.59. The highest BCUT2D eigenvalue weighted by Crippen LogP contribution is 2.43. The van der Waals surface area contributed by atoms with Crippen LogP contribution in [0.2, 0.25) is 0 Å². The number of alkyl halides is 3. The van der Waals surface area contributed by atoms with Crippen LogP contribution in [0.3, 0.4) is 0 Å². The Bertz CT molecular complexity index is 831. The molecule has 1 aliphatic heterocycles. The molecule has 152 valence electrons. The van der Waals surface area contributed by atoms with Crippen molar-refractivity contribution in [1.29, 1.82) is 0 Å². The van der Waals surface area contributed by atoms with Gasteiger partial charge in [-0.3, -0.25) is 5.32 Å². The van der Waals surface area contributed by atoms with Crippen molar-refractivity contribution in [3.05, 3.63) is 54.1 Å². The van der Waals surface area contributed by atoms with Crippen LogP contribution in [0.1, 0.15) is 5.56 Å². The van der Waals surface area contributed by atoms with Crippen molar-refractivity contribution >= 4 is 27.5 Å². The number of rotatable bonds is 3. The maximum Gasteiger partial charge on any atom is 0.417 e. The summed E-state index contributed by atoms with van der Waals surface area (Å²) in [5.74, 6) is 2.26. The smallest absolute Gasteiger partial charge is 0.410 e. The summed E-state index contributed by atoms with van der Waals surface area (Å²) in [6, 6.07) is 12.0. The lowest BCUT2D eigenvalue weighted by atomic mass is 10.1. The zero-order chi connectivity index (χ0) is 20.4. The van der Waals surface area contributed by atoms with Gasteiger partial charge in [0.2, 0.25) is 0 Å². The number of hydrogen-bond acceptors (Lipinski definition) is 3. The van der Waals surface area contributed by atoms with E-state index in [1.165, 1.54) is 0 Å². The van der Waals surface area contributed by atoms with E-state index >= 15 is 0 Å². The van der Waals surface area contributed by atoms with E-state index in [2.05, 4.69) is 17.8 Å². The first-order chi connectivity index (χ1) is 13.1. The second-order valence-electron chi connectivity index (χ2n) is 7.26. The standard InChI is InChI=1S/C20H23F3N2O2S/c1-28(2)10-8-25(9-11-28)17-13-15(20(21,22)23)12-16(14-17)24-19(26)27-18-6-4-3-5-7-18/h3-7,12-14H,8-11H2,1-2H3,(H,24,26). The number of nitrogens with zero attached hydrogens (tertiary/aromatic N) is 1. The molecule has 0 atom stereocenters. The van der Waals surface area contributed by atoms with Gasteiger partial charge in [0.1, 0.15) is 5.75 Å². The second kappa shape index (κ2) is 7.95. The highest BCUT2D eigenvalue weighted by atomic mass is 32.3. The molecule has 1 fully saturated rings. The van der Waals surface area contributed by atoms with Crippen molar-refractivity contribution in [3.63, 3.8) is 0 Å². The van der Waals surface area contributed by atoms with Gasteiger partial charge in [-0.05, 0) is 54.3 Å². The molecule has 2 aromatic rings. The van der Waals surface area contributed by atoms with Crippen LogP contribution in [-0.2, 0) is 6.18 Å². The van der Waals surface area contributed by atoms with Crippen LogP contribution in [0.15, 0.2) is 48.5 Å². The van der Waals surface area contributed by atoms with Crippen molar-refractivity contribution in [2.75, 3.05) is 47.3 Å². The molecule has 1 amide bonds. The topological polar surface area (TPSA) is 41.6 Å². The van der Waals surface area contributed by atoms with Crippen molar-refractivity contribution < 1.29 is 22.7 Å². The molecule has 0 radical (unpaired) electrons. The molecule has 3 rings (SSSR count).